The minimum atomic E-state index is -0.456. The van der Waals surface area contributed by atoms with Gasteiger partial charge in [-0.25, -0.2) is 0 Å². The van der Waals surface area contributed by atoms with E-state index in [1.807, 2.05) is 0 Å². The van der Waals surface area contributed by atoms with Gasteiger partial charge in [0.2, 0.25) is 0 Å². The van der Waals surface area contributed by atoms with Crippen molar-refractivity contribution in [3.8, 4) is 0 Å². The normalized spacial score (nSPS) is 12.1. The maximum absolute atomic E-state index is 2.41. The van der Waals surface area contributed by atoms with Crippen LogP contribution in [-0.2, 0) is 0 Å². The Morgan fingerprint density at radius 1 is 1.21 bits per heavy atom. The summed E-state index contributed by atoms with van der Waals surface area (Å²) in [6.45, 7) is 7.08. The molecule has 0 atom stereocenters. The average Bonchev–Trinajstić information content (AvgIpc) is 2.17. The molecule has 0 bridgehead atoms. The van der Waals surface area contributed by atoms with Crippen molar-refractivity contribution in [1.82, 2.24) is 0 Å². The van der Waals surface area contributed by atoms with Crippen LogP contribution in [-0.4, -0.2) is 8.80 Å². The molecule has 0 heterocycles. The number of hydrogen-bond donors (Lipinski definition) is 0. The summed E-state index contributed by atoms with van der Waals surface area (Å²) in [5, 5.41) is 0. The molecule has 76 valence electrons. The third-order valence-electron chi connectivity index (χ3n) is 2.29. The van der Waals surface area contributed by atoms with Crippen LogP contribution in [0.4, 0.5) is 0 Å². The van der Waals surface area contributed by atoms with E-state index in [1.54, 1.807) is 5.57 Å². The van der Waals surface area contributed by atoms with Gasteiger partial charge in [0.05, 0.1) is 0 Å². The Morgan fingerprint density at radius 3 is 2.36 bits per heavy atom. The first kappa shape index (κ1) is 11.3. The first-order valence-corrected chi connectivity index (χ1v) is 8.59. The van der Waals surface area contributed by atoms with Crippen LogP contribution < -0.4 is 0 Å². The van der Waals surface area contributed by atoms with E-state index in [1.165, 1.54) is 18.0 Å². The van der Waals surface area contributed by atoms with Crippen LogP contribution in [0.3, 0.4) is 0 Å². The molecule has 1 aromatic carbocycles. The number of hydrogen-bond acceptors (Lipinski definition) is 0. The van der Waals surface area contributed by atoms with E-state index in [0.717, 1.165) is 0 Å². The molecular formula is C13H20Si. The molecule has 0 spiro atoms. The zero-order valence-corrected chi connectivity index (χ0v) is 10.6. The second-order valence-corrected chi connectivity index (χ2v) is 7.36. The highest BCUT2D eigenvalue weighted by Crippen LogP contribution is 2.15. The van der Waals surface area contributed by atoms with E-state index in [-0.39, 0.29) is 0 Å². The van der Waals surface area contributed by atoms with E-state index in [2.05, 4.69) is 56.4 Å². The first-order chi connectivity index (χ1) is 6.72. The van der Waals surface area contributed by atoms with Gasteiger partial charge in [-0.1, -0.05) is 62.0 Å². The summed E-state index contributed by atoms with van der Waals surface area (Å²) in [6.07, 6.45) is 3.55. The molecule has 14 heavy (non-hydrogen) atoms. The minimum absolute atomic E-state index is 0.456. The average molecular weight is 204 g/mol. The molecule has 1 rings (SSSR count). The van der Waals surface area contributed by atoms with Gasteiger partial charge in [0.15, 0.2) is 0 Å². The number of allylic oxidation sites excluding steroid dienone is 1. The summed E-state index contributed by atoms with van der Waals surface area (Å²) in [7, 11) is -0.456. The van der Waals surface area contributed by atoms with Gasteiger partial charge in [-0.05, 0) is 18.0 Å². The maximum atomic E-state index is 2.41. The summed E-state index contributed by atoms with van der Waals surface area (Å²) < 4.78 is 0. The molecule has 0 radical (unpaired) electrons. The van der Waals surface area contributed by atoms with E-state index in [4.69, 9.17) is 0 Å². The molecule has 0 aliphatic rings. The standard InChI is InChI=1S/C13H20Si/c1-4-12(11-14(2)3)10-13-8-6-5-7-9-13/h5-10,14H,4,11H2,1-3H3. The van der Waals surface area contributed by atoms with Crippen LogP contribution in [0.15, 0.2) is 35.9 Å². The summed E-state index contributed by atoms with van der Waals surface area (Å²) in [4.78, 5) is 0. The highest BCUT2D eigenvalue weighted by atomic mass is 28.3. The third-order valence-corrected chi connectivity index (χ3v) is 3.64. The van der Waals surface area contributed by atoms with Crippen LogP contribution in [0.2, 0.25) is 19.1 Å². The lowest BCUT2D eigenvalue weighted by atomic mass is 10.1. The molecule has 0 aliphatic heterocycles. The zero-order valence-electron chi connectivity index (χ0n) is 9.46. The second-order valence-electron chi connectivity index (χ2n) is 4.16. The van der Waals surface area contributed by atoms with Crippen molar-refractivity contribution in [3.63, 3.8) is 0 Å². The lowest BCUT2D eigenvalue weighted by Crippen LogP contribution is -2.00. The Labute approximate surface area is 89.3 Å². The Hall–Kier alpha value is -0.823. The molecule has 0 amide bonds. The number of rotatable bonds is 4. The predicted octanol–water partition coefficient (Wildman–Crippen LogP) is 3.97. The highest BCUT2D eigenvalue weighted by Gasteiger charge is 2.00. The fourth-order valence-corrected chi connectivity index (χ4v) is 3.07. The van der Waals surface area contributed by atoms with Gasteiger partial charge in [-0.3, -0.25) is 0 Å². The molecule has 0 N–H and O–H groups in total. The number of benzene rings is 1. The molecule has 0 aliphatic carbocycles. The molecule has 0 saturated heterocycles. The molecule has 0 unspecified atom stereocenters. The molecule has 1 heteroatoms. The topological polar surface area (TPSA) is 0 Å². The SMILES string of the molecule is CCC(=Cc1ccccc1)C[SiH](C)C. The first-order valence-electron chi connectivity index (χ1n) is 5.47. The fourth-order valence-electron chi connectivity index (χ4n) is 1.61. The molecule has 1 aromatic rings. The van der Waals surface area contributed by atoms with Crippen molar-refractivity contribution in [2.24, 2.45) is 0 Å². The Balaban J connectivity index is 2.73. The van der Waals surface area contributed by atoms with Crippen LogP contribution in [0, 0.1) is 0 Å². The van der Waals surface area contributed by atoms with Gasteiger partial charge >= 0.3 is 0 Å². The van der Waals surface area contributed by atoms with Crippen molar-refractivity contribution in [1.29, 1.82) is 0 Å². The van der Waals surface area contributed by atoms with Crippen molar-refractivity contribution >= 4 is 14.9 Å². The van der Waals surface area contributed by atoms with E-state index < -0.39 is 8.80 Å². The third kappa shape index (κ3) is 3.92. The van der Waals surface area contributed by atoms with Crippen LogP contribution in [0.25, 0.3) is 6.08 Å². The van der Waals surface area contributed by atoms with Gasteiger partial charge < -0.3 is 0 Å². The summed E-state index contributed by atoms with van der Waals surface area (Å²) in [5.41, 5.74) is 2.96. The van der Waals surface area contributed by atoms with Crippen molar-refractivity contribution < 1.29 is 0 Å². The van der Waals surface area contributed by atoms with Gasteiger partial charge in [0, 0.05) is 8.80 Å². The van der Waals surface area contributed by atoms with E-state index >= 15 is 0 Å². The molecule has 0 fully saturated rings. The van der Waals surface area contributed by atoms with E-state index in [0.29, 0.717) is 0 Å². The monoisotopic (exact) mass is 204 g/mol. The van der Waals surface area contributed by atoms with Crippen molar-refractivity contribution in [2.75, 3.05) is 0 Å². The lowest BCUT2D eigenvalue weighted by Gasteiger charge is -2.06. The van der Waals surface area contributed by atoms with E-state index in [9.17, 15) is 0 Å². The minimum Gasteiger partial charge on any atom is -0.0728 e. The Kier molecular flexibility index (Phi) is 4.67. The molecule has 0 saturated carbocycles. The second kappa shape index (κ2) is 5.81. The van der Waals surface area contributed by atoms with Crippen LogP contribution >= 0.6 is 0 Å². The van der Waals surface area contributed by atoms with Crippen LogP contribution in [0.1, 0.15) is 18.9 Å². The molecular weight excluding hydrogens is 184 g/mol. The summed E-state index contributed by atoms with van der Waals surface area (Å²) >= 11 is 0. The van der Waals surface area contributed by atoms with Gasteiger partial charge in [0.1, 0.15) is 0 Å². The van der Waals surface area contributed by atoms with Gasteiger partial charge in [-0.2, -0.15) is 0 Å². The predicted molar refractivity (Wildman–Crippen MR) is 68.4 cm³/mol. The smallest absolute Gasteiger partial charge is 0.0348 e. The fraction of sp³-hybridized carbons (Fsp3) is 0.385. The molecule has 0 aromatic heterocycles. The van der Waals surface area contributed by atoms with Crippen LogP contribution in [0.5, 0.6) is 0 Å². The lowest BCUT2D eigenvalue weighted by molar-refractivity contribution is 1.10. The zero-order chi connectivity index (χ0) is 10.4. The van der Waals surface area contributed by atoms with Gasteiger partial charge in [-0.15, -0.1) is 0 Å². The Morgan fingerprint density at radius 2 is 1.86 bits per heavy atom. The quantitative estimate of drug-likeness (QED) is 0.651. The maximum Gasteiger partial charge on any atom is 0.0348 e. The largest absolute Gasteiger partial charge is 0.0728 e. The highest BCUT2D eigenvalue weighted by molar-refractivity contribution is 6.56. The van der Waals surface area contributed by atoms with Gasteiger partial charge in [0.25, 0.3) is 0 Å². The summed E-state index contributed by atoms with van der Waals surface area (Å²) in [5.74, 6) is 0. The Bertz CT molecular complexity index is 285. The summed E-state index contributed by atoms with van der Waals surface area (Å²) in [6, 6.07) is 12.0. The van der Waals surface area contributed by atoms with Crippen molar-refractivity contribution in [2.45, 2.75) is 32.5 Å². The van der Waals surface area contributed by atoms with Crippen molar-refractivity contribution in [3.05, 3.63) is 41.5 Å². The molecule has 0 nitrogen and oxygen atoms in total.